The number of fused-ring (bicyclic) bond motifs is 1. The van der Waals surface area contributed by atoms with Crippen LogP contribution >= 0.6 is 22.9 Å². The first-order valence-corrected chi connectivity index (χ1v) is 9.24. The standard InChI is InChI=1S/C18H19ClN2O3S/c1-20-9-4-10-21-13-6-3-2-5-12(13)18(24,17(21)23)11-14(22)15-7-8-16(19)25-15/h2-3,5-8,20,24H,4,9-11H2,1H3. The molecular formula is C18H19ClN2O3S. The zero-order chi connectivity index (χ0) is 18.0. The van der Waals surface area contributed by atoms with Crippen molar-refractivity contribution in [1.82, 2.24) is 5.32 Å². The molecule has 2 heterocycles. The Morgan fingerprint density at radius 2 is 2.08 bits per heavy atom. The number of amides is 1. The number of benzene rings is 1. The van der Waals surface area contributed by atoms with Crippen LogP contribution in [-0.4, -0.2) is 36.9 Å². The van der Waals surface area contributed by atoms with E-state index in [2.05, 4.69) is 5.32 Å². The number of thiophene rings is 1. The molecular weight excluding hydrogens is 360 g/mol. The number of nitrogens with one attached hydrogen (secondary N) is 1. The van der Waals surface area contributed by atoms with Crippen LogP contribution < -0.4 is 10.2 Å². The van der Waals surface area contributed by atoms with Crippen molar-refractivity contribution in [3.8, 4) is 0 Å². The number of nitrogens with zero attached hydrogens (tertiary/aromatic N) is 1. The molecule has 7 heteroatoms. The summed E-state index contributed by atoms with van der Waals surface area (Å²) in [7, 11) is 1.85. The van der Waals surface area contributed by atoms with Crippen LogP contribution in [0.2, 0.25) is 4.34 Å². The zero-order valence-electron chi connectivity index (χ0n) is 13.8. The molecule has 1 aromatic carbocycles. The molecule has 0 aliphatic carbocycles. The monoisotopic (exact) mass is 378 g/mol. The first-order chi connectivity index (χ1) is 12.0. The highest BCUT2D eigenvalue weighted by molar-refractivity contribution is 7.18. The summed E-state index contributed by atoms with van der Waals surface area (Å²) < 4.78 is 0.502. The van der Waals surface area contributed by atoms with Gasteiger partial charge in [-0.2, -0.15) is 0 Å². The van der Waals surface area contributed by atoms with Crippen molar-refractivity contribution in [3.63, 3.8) is 0 Å². The van der Waals surface area contributed by atoms with Crippen molar-refractivity contribution < 1.29 is 14.7 Å². The Balaban J connectivity index is 1.89. The fourth-order valence-corrected chi connectivity index (χ4v) is 4.08. The number of ketones is 1. The lowest BCUT2D eigenvalue weighted by atomic mass is 9.89. The molecule has 0 saturated carbocycles. The lowest BCUT2D eigenvalue weighted by molar-refractivity contribution is -0.135. The average molecular weight is 379 g/mol. The summed E-state index contributed by atoms with van der Waals surface area (Å²) in [5.41, 5.74) is -0.673. The molecule has 1 atom stereocenters. The van der Waals surface area contributed by atoms with Crippen molar-refractivity contribution in [1.29, 1.82) is 0 Å². The van der Waals surface area contributed by atoms with Crippen LogP contribution in [0.4, 0.5) is 5.69 Å². The van der Waals surface area contributed by atoms with E-state index in [1.165, 1.54) is 0 Å². The molecule has 5 nitrogen and oxygen atoms in total. The van der Waals surface area contributed by atoms with Crippen LogP contribution in [0.3, 0.4) is 0 Å². The number of anilines is 1. The SMILES string of the molecule is CNCCCN1C(=O)C(O)(CC(=O)c2ccc(Cl)s2)c2ccccc21. The Bertz CT molecular complexity index is 807. The van der Waals surface area contributed by atoms with E-state index >= 15 is 0 Å². The molecule has 132 valence electrons. The Labute approximate surface area is 155 Å². The Kier molecular flexibility index (Phi) is 5.24. The fourth-order valence-electron chi connectivity index (χ4n) is 3.10. The van der Waals surface area contributed by atoms with Crippen molar-refractivity contribution in [3.05, 3.63) is 51.2 Å². The number of hydrogen-bond donors (Lipinski definition) is 2. The maximum Gasteiger partial charge on any atom is 0.264 e. The van der Waals surface area contributed by atoms with E-state index < -0.39 is 11.5 Å². The first-order valence-electron chi connectivity index (χ1n) is 8.04. The van der Waals surface area contributed by atoms with E-state index in [0.29, 0.717) is 27.0 Å². The predicted octanol–water partition coefficient (Wildman–Crippen LogP) is 2.82. The summed E-state index contributed by atoms with van der Waals surface area (Å²) in [4.78, 5) is 27.5. The smallest absolute Gasteiger partial charge is 0.264 e. The normalized spacial score (nSPS) is 19.3. The summed E-state index contributed by atoms with van der Waals surface area (Å²) in [6.45, 7) is 1.25. The minimum Gasteiger partial charge on any atom is -0.375 e. The number of aliphatic hydroxyl groups is 1. The highest BCUT2D eigenvalue weighted by Gasteiger charge is 2.50. The van der Waals surface area contributed by atoms with Crippen LogP contribution in [0.15, 0.2) is 36.4 Å². The summed E-state index contributed by atoms with van der Waals surface area (Å²) in [6, 6.07) is 10.4. The third-order valence-electron chi connectivity index (χ3n) is 4.31. The van der Waals surface area contributed by atoms with E-state index in [4.69, 9.17) is 11.6 Å². The molecule has 1 unspecified atom stereocenters. The number of carbonyl (C=O) groups is 2. The number of hydrogen-bond acceptors (Lipinski definition) is 5. The molecule has 1 amide bonds. The number of para-hydroxylation sites is 1. The third kappa shape index (κ3) is 3.35. The minimum absolute atomic E-state index is 0.289. The molecule has 2 N–H and O–H groups in total. The van der Waals surface area contributed by atoms with Gasteiger partial charge in [0, 0.05) is 12.1 Å². The van der Waals surface area contributed by atoms with E-state index in [1.54, 1.807) is 35.2 Å². The van der Waals surface area contributed by atoms with Crippen LogP contribution in [0.1, 0.15) is 28.1 Å². The van der Waals surface area contributed by atoms with Gasteiger partial charge in [-0.1, -0.05) is 29.8 Å². The van der Waals surface area contributed by atoms with Gasteiger partial charge >= 0.3 is 0 Å². The largest absolute Gasteiger partial charge is 0.375 e. The maximum absolute atomic E-state index is 12.9. The van der Waals surface area contributed by atoms with Gasteiger partial charge in [-0.05, 0) is 38.2 Å². The van der Waals surface area contributed by atoms with Gasteiger partial charge in [-0.15, -0.1) is 11.3 Å². The van der Waals surface area contributed by atoms with E-state index in [0.717, 1.165) is 24.3 Å². The summed E-state index contributed by atoms with van der Waals surface area (Å²) in [5, 5.41) is 14.2. The lowest BCUT2D eigenvalue weighted by Gasteiger charge is -2.22. The molecule has 25 heavy (non-hydrogen) atoms. The van der Waals surface area contributed by atoms with E-state index in [1.807, 2.05) is 13.1 Å². The fraction of sp³-hybridized carbons (Fsp3) is 0.333. The van der Waals surface area contributed by atoms with E-state index in [-0.39, 0.29) is 12.2 Å². The summed E-state index contributed by atoms with van der Waals surface area (Å²) in [6.07, 6.45) is 0.462. The number of halogens is 1. The molecule has 3 rings (SSSR count). The molecule has 1 aromatic heterocycles. The number of carbonyl (C=O) groups excluding carboxylic acids is 2. The number of Topliss-reactive ketones (excluding diaryl/α,β-unsaturated/α-hetero) is 1. The van der Waals surface area contributed by atoms with Crippen LogP contribution in [0.25, 0.3) is 0 Å². The van der Waals surface area contributed by atoms with Crippen LogP contribution in [0.5, 0.6) is 0 Å². The highest BCUT2D eigenvalue weighted by Crippen LogP contribution is 2.43. The van der Waals surface area contributed by atoms with Crippen molar-refractivity contribution in [2.75, 3.05) is 25.0 Å². The molecule has 1 aliphatic rings. The van der Waals surface area contributed by atoms with E-state index in [9.17, 15) is 14.7 Å². The molecule has 0 fully saturated rings. The Morgan fingerprint density at radius 3 is 2.76 bits per heavy atom. The topological polar surface area (TPSA) is 69.6 Å². The average Bonchev–Trinajstić information content (AvgIpc) is 3.12. The van der Waals surface area contributed by atoms with Crippen molar-refractivity contribution >= 4 is 40.3 Å². The molecule has 0 bridgehead atoms. The quantitative estimate of drug-likeness (QED) is 0.574. The Hall–Kier alpha value is -1.73. The zero-order valence-corrected chi connectivity index (χ0v) is 15.4. The van der Waals surface area contributed by atoms with Gasteiger partial charge in [0.2, 0.25) is 0 Å². The third-order valence-corrected chi connectivity index (χ3v) is 5.58. The van der Waals surface area contributed by atoms with Gasteiger partial charge < -0.3 is 15.3 Å². The molecule has 0 radical (unpaired) electrons. The lowest BCUT2D eigenvalue weighted by Crippen LogP contribution is -2.42. The van der Waals surface area contributed by atoms with Crippen molar-refractivity contribution in [2.24, 2.45) is 0 Å². The molecule has 0 spiro atoms. The molecule has 2 aromatic rings. The summed E-state index contributed by atoms with van der Waals surface area (Å²) >= 11 is 7.03. The maximum atomic E-state index is 12.9. The molecule has 0 saturated heterocycles. The highest BCUT2D eigenvalue weighted by atomic mass is 35.5. The van der Waals surface area contributed by atoms with Gasteiger partial charge in [0.05, 0.1) is 21.3 Å². The second-order valence-electron chi connectivity index (χ2n) is 6.00. The van der Waals surface area contributed by atoms with Crippen LogP contribution in [0, 0.1) is 0 Å². The van der Waals surface area contributed by atoms with Gasteiger partial charge in [0.15, 0.2) is 11.4 Å². The van der Waals surface area contributed by atoms with Gasteiger partial charge in [0.25, 0.3) is 5.91 Å². The van der Waals surface area contributed by atoms with Gasteiger partial charge in [-0.3, -0.25) is 9.59 Å². The number of rotatable bonds is 7. The summed E-state index contributed by atoms with van der Waals surface area (Å²) in [5.74, 6) is -0.736. The molecule has 1 aliphatic heterocycles. The predicted molar refractivity (Wildman–Crippen MR) is 99.5 cm³/mol. The van der Waals surface area contributed by atoms with Gasteiger partial charge in [-0.25, -0.2) is 0 Å². The second-order valence-corrected chi connectivity index (χ2v) is 7.71. The van der Waals surface area contributed by atoms with Gasteiger partial charge in [0.1, 0.15) is 0 Å². The second kappa shape index (κ2) is 7.25. The first kappa shape index (κ1) is 18.1. The minimum atomic E-state index is -1.83. The van der Waals surface area contributed by atoms with Crippen LogP contribution in [-0.2, 0) is 10.4 Å². The van der Waals surface area contributed by atoms with Crippen molar-refractivity contribution in [2.45, 2.75) is 18.4 Å². The Morgan fingerprint density at radius 1 is 1.32 bits per heavy atom.